The Bertz CT molecular complexity index is 471. The average Bonchev–Trinajstić information content (AvgIpc) is 2.71. The molecule has 0 bridgehead atoms. The van der Waals surface area contributed by atoms with Gasteiger partial charge in [-0.15, -0.1) is 0 Å². The first-order valence-electron chi connectivity index (χ1n) is 5.89. The van der Waals surface area contributed by atoms with Crippen molar-refractivity contribution in [2.24, 2.45) is 0 Å². The van der Waals surface area contributed by atoms with E-state index in [1.54, 1.807) is 0 Å². The van der Waals surface area contributed by atoms with Crippen LogP contribution in [0.2, 0.25) is 0 Å². The Labute approximate surface area is 95.9 Å². The number of aryl methyl sites for hydroxylation is 1. The number of rotatable bonds is 4. The molecule has 0 fully saturated rings. The van der Waals surface area contributed by atoms with Crippen LogP contribution in [0.15, 0.2) is 28.7 Å². The quantitative estimate of drug-likeness (QED) is 0.842. The Kier molecular flexibility index (Phi) is 3.30. The van der Waals surface area contributed by atoms with E-state index in [0.29, 0.717) is 5.76 Å². The van der Waals surface area contributed by atoms with Crippen LogP contribution in [0.3, 0.4) is 0 Å². The van der Waals surface area contributed by atoms with Crippen molar-refractivity contribution >= 4 is 11.0 Å². The lowest BCUT2D eigenvalue weighted by atomic mass is 10.1. The summed E-state index contributed by atoms with van der Waals surface area (Å²) >= 11 is 0. The second-order valence-electron chi connectivity index (χ2n) is 4.30. The van der Waals surface area contributed by atoms with Gasteiger partial charge in [0.05, 0.1) is 0 Å². The number of furan rings is 1. The summed E-state index contributed by atoms with van der Waals surface area (Å²) in [4.78, 5) is 0. The number of hydrogen-bond donors (Lipinski definition) is 1. The van der Waals surface area contributed by atoms with E-state index in [9.17, 15) is 5.11 Å². The largest absolute Gasteiger partial charge is 0.458 e. The molecule has 1 atom stereocenters. The lowest BCUT2D eigenvalue weighted by Crippen LogP contribution is -1.94. The molecule has 2 aromatic rings. The number of unbranched alkanes of at least 4 members (excludes halogenated alkanes) is 1. The first kappa shape index (κ1) is 11.2. The molecular weight excluding hydrogens is 200 g/mol. The fourth-order valence-electron chi connectivity index (χ4n) is 1.93. The first-order valence-corrected chi connectivity index (χ1v) is 5.89. The molecule has 86 valence electrons. The highest BCUT2D eigenvalue weighted by Crippen LogP contribution is 2.28. The molecule has 1 aromatic heterocycles. The number of hydrogen-bond acceptors (Lipinski definition) is 2. The number of aliphatic hydroxyl groups excluding tert-OH is 1. The molecule has 0 amide bonds. The van der Waals surface area contributed by atoms with Crippen molar-refractivity contribution < 1.29 is 9.52 Å². The van der Waals surface area contributed by atoms with Gasteiger partial charge in [0.1, 0.15) is 17.4 Å². The minimum absolute atomic E-state index is 0.466. The summed E-state index contributed by atoms with van der Waals surface area (Å²) in [5.41, 5.74) is 2.01. The summed E-state index contributed by atoms with van der Waals surface area (Å²) in [6.45, 7) is 4.14. The van der Waals surface area contributed by atoms with E-state index in [4.69, 9.17) is 4.42 Å². The van der Waals surface area contributed by atoms with E-state index >= 15 is 0 Å². The molecule has 16 heavy (non-hydrogen) atoms. The highest BCUT2D eigenvalue weighted by molar-refractivity contribution is 5.80. The maximum Gasteiger partial charge on any atom is 0.137 e. The number of para-hydroxylation sites is 1. The predicted octanol–water partition coefficient (Wildman–Crippen LogP) is 3.96. The van der Waals surface area contributed by atoms with Crippen molar-refractivity contribution in [3.63, 3.8) is 0 Å². The third kappa shape index (κ3) is 2.12. The van der Waals surface area contributed by atoms with Gasteiger partial charge in [-0.05, 0) is 25.0 Å². The molecule has 0 saturated carbocycles. The summed E-state index contributed by atoms with van der Waals surface area (Å²) in [5.74, 6) is 0.692. The Morgan fingerprint density at radius 3 is 2.88 bits per heavy atom. The van der Waals surface area contributed by atoms with Crippen LogP contribution < -0.4 is 0 Å². The molecule has 0 radical (unpaired) electrons. The molecular formula is C14H18O2. The summed E-state index contributed by atoms with van der Waals surface area (Å²) in [6, 6.07) is 7.99. The van der Waals surface area contributed by atoms with E-state index in [2.05, 4.69) is 6.92 Å². The van der Waals surface area contributed by atoms with Crippen LogP contribution >= 0.6 is 0 Å². The Morgan fingerprint density at radius 2 is 2.19 bits per heavy atom. The Hall–Kier alpha value is -1.28. The van der Waals surface area contributed by atoms with Crippen LogP contribution in [0.1, 0.15) is 43.6 Å². The molecule has 2 nitrogen and oxygen atoms in total. The van der Waals surface area contributed by atoms with Crippen molar-refractivity contribution in [1.29, 1.82) is 0 Å². The molecule has 0 aliphatic carbocycles. The standard InChI is InChI=1S/C14H18O2/c1-3-4-8-12(15)13-9-11-7-5-6-10(2)14(11)16-13/h5-7,9,12,15H,3-4,8H2,1-2H3. The number of fused-ring (bicyclic) bond motifs is 1. The predicted molar refractivity (Wildman–Crippen MR) is 65.4 cm³/mol. The molecule has 2 rings (SSSR count). The van der Waals surface area contributed by atoms with Crippen molar-refractivity contribution in [2.45, 2.75) is 39.2 Å². The van der Waals surface area contributed by atoms with Gasteiger partial charge in [0.25, 0.3) is 0 Å². The molecule has 1 unspecified atom stereocenters. The van der Waals surface area contributed by atoms with Crippen molar-refractivity contribution in [2.75, 3.05) is 0 Å². The number of aliphatic hydroxyl groups is 1. The normalized spacial score (nSPS) is 13.2. The summed E-state index contributed by atoms with van der Waals surface area (Å²) in [7, 11) is 0. The average molecular weight is 218 g/mol. The maximum absolute atomic E-state index is 9.95. The highest BCUT2D eigenvalue weighted by Gasteiger charge is 2.13. The highest BCUT2D eigenvalue weighted by atomic mass is 16.4. The van der Waals surface area contributed by atoms with Gasteiger partial charge in [-0.1, -0.05) is 38.0 Å². The molecule has 0 aliphatic rings. The van der Waals surface area contributed by atoms with Crippen LogP contribution in [0.25, 0.3) is 11.0 Å². The zero-order valence-corrected chi connectivity index (χ0v) is 9.86. The Morgan fingerprint density at radius 1 is 1.38 bits per heavy atom. The summed E-state index contributed by atoms with van der Waals surface area (Å²) in [6.07, 6.45) is 2.43. The molecule has 2 heteroatoms. The van der Waals surface area contributed by atoms with Gasteiger partial charge in [0, 0.05) is 5.39 Å². The van der Waals surface area contributed by atoms with Crippen molar-refractivity contribution in [1.82, 2.24) is 0 Å². The Balaban J connectivity index is 2.29. The van der Waals surface area contributed by atoms with Crippen LogP contribution in [-0.2, 0) is 0 Å². The minimum atomic E-state index is -0.466. The van der Waals surface area contributed by atoms with E-state index in [-0.39, 0.29) is 0 Å². The molecule has 0 aliphatic heterocycles. The minimum Gasteiger partial charge on any atom is -0.458 e. The molecule has 1 N–H and O–H groups in total. The first-order chi connectivity index (χ1) is 7.72. The topological polar surface area (TPSA) is 33.4 Å². The lowest BCUT2D eigenvalue weighted by Gasteiger charge is -2.05. The third-order valence-electron chi connectivity index (χ3n) is 2.92. The van der Waals surface area contributed by atoms with Gasteiger partial charge >= 0.3 is 0 Å². The van der Waals surface area contributed by atoms with Crippen molar-refractivity contribution in [3.8, 4) is 0 Å². The maximum atomic E-state index is 9.95. The second-order valence-corrected chi connectivity index (χ2v) is 4.30. The van der Waals surface area contributed by atoms with Gasteiger partial charge in [0.2, 0.25) is 0 Å². The number of benzene rings is 1. The van der Waals surface area contributed by atoms with Gasteiger partial charge in [-0.2, -0.15) is 0 Å². The van der Waals surface area contributed by atoms with Gasteiger partial charge in [-0.25, -0.2) is 0 Å². The summed E-state index contributed by atoms with van der Waals surface area (Å²) < 4.78 is 5.71. The van der Waals surface area contributed by atoms with E-state index in [1.807, 2.05) is 31.2 Å². The van der Waals surface area contributed by atoms with Crippen LogP contribution in [0.5, 0.6) is 0 Å². The molecule has 1 aromatic carbocycles. The fraction of sp³-hybridized carbons (Fsp3) is 0.429. The van der Waals surface area contributed by atoms with Crippen molar-refractivity contribution in [3.05, 3.63) is 35.6 Å². The summed E-state index contributed by atoms with van der Waals surface area (Å²) in [5, 5.41) is 11.0. The van der Waals surface area contributed by atoms with Gasteiger partial charge < -0.3 is 9.52 Å². The third-order valence-corrected chi connectivity index (χ3v) is 2.92. The van der Waals surface area contributed by atoms with Crippen LogP contribution in [0, 0.1) is 6.92 Å². The smallest absolute Gasteiger partial charge is 0.137 e. The molecule has 1 heterocycles. The van der Waals surface area contributed by atoms with Gasteiger partial charge in [0.15, 0.2) is 0 Å². The zero-order chi connectivity index (χ0) is 11.5. The van der Waals surface area contributed by atoms with Crippen LogP contribution in [-0.4, -0.2) is 5.11 Å². The lowest BCUT2D eigenvalue weighted by molar-refractivity contribution is 0.139. The van der Waals surface area contributed by atoms with E-state index in [0.717, 1.165) is 35.8 Å². The zero-order valence-electron chi connectivity index (χ0n) is 9.86. The van der Waals surface area contributed by atoms with E-state index in [1.165, 1.54) is 0 Å². The second kappa shape index (κ2) is 4.71. The van der Waals surface area contributed by atoms with Gasteiger partial charge in [-0.3, -0.25) is 0 Å². The monoisotopic (exact) mass is 218 g/mol. The fourth-order valence-corrected chi connectivity index (χ4v) is 1.93. The molecule has 0 saturated heterocycles. The SMILES string of the molecule is CCCCC(O)c1cc2cccc(C)c2o1. The molecule has 0 spiro atoms. The van der Waals surface area contributed by atoms with E-state index < -0.39 is 6.10 Å². The van der Waals surface area contributed by atoms with Crippen LogP contribution in [0.4, 0.5) is 0 Å².